The van der Waals surface area contributed by atoms with Crippen molar-refractivity contribution >= 4 is 11.3 Å². The van der Waals surface area contributed by atoms with Crippen molar-refractivity contribution in [1.29, 1.82) is 0 Å². The van der Waals surface area contributed by atoms with Crippen LogP contribution in [0.2, 0.25) is 0 Å². The lowest BCUT2D eigenvalue weighted by atomic mass is 10.2. The molecule has 1 aromatic carbocycles. The monoisotopic (exact) mass is 359 g/mol. The summed E-state index contributed by atoms with van der Waals surface area (Å²) in [6.07, 6.45) is 0. The van der Waals surface area contributed by atoms with Crippen molar-refractivity contribution in [1.82, 2.24) is 15.0 Å². The molecule has 0 fully saturated rings. The Hall–Kier alpha value is -2.38. The molecule has 3 aromatic rings. The topological polar surface area (TPSA) is 60.6 Å². The lowest BCUT2D eigenvalue weighted by molar-refractivity contribution is 0.262. The van der Waals surface area contributed by atoms with Gasteiger partial charge in [-0.3, -0.25) is 4.90 Å². The van der Waals surface area contributed by atoms with Crippen molar-refractivity contribution in [2.45, 2.75) is 20.0 Å². The van der Waals surface area contributed by atoms with Gasteiger partial charge in [0.1, 0.15) is 11.5 Å². The van der Waals surface area contributed by atoms with E-state index in [0.717, 1.165) is 17.9 Å². The number of ether oxygens (including phenoxy) is 2. The average Bonchev–Trinajstić information content (AvgIpc) is 3.23. The number of hydrogen-bond donors (Lipinski definition) is 0. The molecule has 0 amide bonds. The number of aryl methyl sites for hydroxylation is 1. The maximum atomic E-state index is 5.41. The number of thiophene rings is 1. The molecule has 0 bridgehead atoms. The Morgan fingerprint density at radius 2 is 2.00 bits per heavy atom. The molecule has 3 rings (SSSR count). The zero-order chi connectivity index (χ0) is 17.8. The van der Waals surface area contributed by atoms with Crippen LogP contribution in [-0.2, 0) is 13.1 Å². The molecule has 2 aromatic heterocycles. The van der Waals surface area contributed by atoms with E-state index in [4.69, 9.17) is 14.0 Å². The summed E-state index contributed by atoms with van der Waals surface area (Å²) in [5.74, 6) is 2.45. The van der Waals surface area contributed by atoms with E-state index in [1.54, 1.807) is 31.6 Å². The van der Waals surface area contributed by atoms with Gasteiger partial charge in [0.2, 0.25) is 11.7 Å². The summed E-state index contributed by atoms with van der Waals surface area (Å²) in [7, 11) is 5.26. The van der Waals surface area contributed by atoms with Crippen LogP contribution in [0.4, 0.5) is 0 Å². The van der Waals surface area contributed by atoms with E-state index < -0.39 is 0 Å². The Morgan fingerprint density at radius 3 is 2.68 bits per heavy atom. The molecule has 0 radical (unpaired) electrons. The van der Waals surface area contributed by atoms with E-state index in [-0.39, 0.29) is 0 Å². The van der Waals surface area contributed by atoms with E-state index in [1.165, 1.54) is 10.4 Å². The van der Waals surface area contributed by atoms with E-state index in [0.29, 0.717) is 24.0 Å². The first-order valence-electron chi connectivity index (χ1n) is 7.87. The number of methoxy groups -OCH3 is 2. The minimum atomic E-state index is 0.509. The van der Waals surface area contributed by atoms with Crippen LogP contribution in [0.5, 0.6) is 11.5 Å². The van der Waals surface area contributed by atoms with Crippen LogP contribution in [0.25, 0.3) is 11.4 Å². The van der Waals surface area contributed by atoms with Crippen molar-refractivity contribution in [3.8, 4) is 22.9 Å². The van der Waals surface area contributed by atoms with Gasteiger partial charge in [-0.1, -0.05) is 5.16 Å². The van der Waals surface area contributed by atoms with Crippen molar-refractivity contribution in [3.05, 3.63) is 46.0 Å². The molecule has 0 aliphatic carbocycles. The molecule has 6 nitrogen and oxygen atoms in total. The van der Waals surface area contributed by atoms with Crippen LogP contribution in [0.15, 0.2) is 34.2 Å². The van der Waals surface area contributed by atoms with Gasteiger partial charge >= 0.3 is 0 Å². The van der Waals surface area contributed by atoms with Crippen molar-refractivity contribution in [3.63, 3.8) is 0 Å². The summed E-state index contributed by atoms with van der Waals surface area (Å²) in [5, 5.41) is 6.20. The first kappa shape index (κ1) is 17.4. The highest BCUT2D eigenvalue weighted by atomic mass is 32.1. The van der Waals surface area contributed by atoms with Crippen LogP contribution >= 0.6 is 11.3 Å². The van der Waals surface area contributed by atoms with Gasteiger partial charge in [-0.05, 0) is 43.1 Å². The molecule has 0 aliphatic heterocycles. The number of benzene rings is 1. The summed E-state index contributed by atoms with van der Waals surface area (Å²) in [6, 6.07) is 7.65. The second kappa shape index (κ2) is 7.67. The molecule has 0 unspecified atom stereocenters. The van der Waals surface area contributed by atoms with Gasteiger partial charge in [-0.15, -0.1) is 11.3 Å². The second-order valence-electron chi connectivity index (χ2n) is 5.78. The highest BCUT2D eigenvalue weighted by Gasteiger charge is 2.16. The summed E-state index contributed by atoms with van der Waals surface area (Å²) in [6.45, 7) is 3.57. The van der Waals surface area contributed by atoms with Gasteiger partial charge in [0, 0.05) is 17.5 Å². The van der Waals surface area contributed by atoms with Gasteiger partial charge in [0.15, 0.2) is 0 Å². The zero-order valence-electron chi connectivity index (χ0n) is 14.8. The van der Waals surface area contributed by atoms with Gasteiger partial charge in [0.25, 0.3) is 0 Å². The minimum Gasteiger partial charge on any atom is -0.497 e. The SMILES string of the molecule is COc1ccc(-c2noc(CN(C)Cc3sccc3C)n2)c(OC)c1. The minimum absolute atomic E-state index is 0.509. The molecular weight excluding hydrogens is 338 g/mol. The third-order valence-electron chi connectivity index (χ3n) is 3.90. The highest BCUT2D eigenvalue weighted by molar-refractivity contribution is 7.10. The third-order valence-corrected chi connectivity index (χ3v) is 4.91. The Kier molecular flexibility index (Phi) is 5.35. The summed E-state index contributed by atoms with van der Waals surface area (Å²) in [5.41, 5.74) is 2.08. The maximum Gasteiger partial charge on any atom is 0.241 e. The fraction of sp³-hybridized carbons (Fsp3) is 0.333. The average molecular weight is 359 g/mol. The molecule has 25 heavy (non-hydrogen) atoms. The Morgan fingerprint density at radius 1 is 1.16 bits per heavy atom. The van der Waals surface area contributed by atoms with Crippen molar-refractivity contribution in [2.24, 2.45) is 0 Å². The first-order valence-corrected chi connectivity index (χ1v) is 8.75. The van der Waals surface area contributed by atoms with E-state index in [1.807, 2.05) is 19.2 Å². The Bertz CT molecular complexity index is 844. The number of nitrogens with zero attached hydrogens (tertiary/aromatic N) is 3. The molecular formula is C18H21N3O3S. The van der Waals surface area contributed by atoms with E-state index in [2.05, 4.69) is 33.4 Å². The molecule has 0 N–H and O–H groups in total. The van der Waals surface area contributed by atoms with E-state index in [9.17, 15) is 0 Å². The van der Waals surface area contributed by atoms with Crippen LogP contribution in [0, 0.1) is 6.92 Å². The van der Waals surface area contributed by atoms with Crippen LogP contribution < -0.4 is 9.47 Å². The van der Waals surface area contributed by atoms with Gasteiger partial charge in [0.05, 0.1) is 26.3 Å². The van der Waals surface area contributed by atoms with Crippen molar-refractivity contribution < 1.29 is 14.0 Å². The van der Waals surface area contributed by atoms with Gasteiger partial charge in [-0.25, -0.2) is 0 Å². The predicted octanol–water partition coefficient (Wildman–Crippen LogP) is 3.76. The number of rotatable bonds is 7. The smallest absolute Gasteiger partial charge is 0.241 e. The Balaban J connectivity index is 1.73. The number of aromatic nitrogens is 2. The van der Waals surface area contributed by atoms with Crippen LogP contribution in [0.3, 0.4) is 0 Å². The lowest BCUT2D eigenvalue weighted by Gasteiger charge is -2.13. The molecule has 0 atom stereocenters. The highest BCUT2D eigenvalue weighted by Crippen LogP contribution is 2.31. The second-order valence-corrected chi connectivity index (χ2v) is 6.78. The molecule has 0 saturated heterocycles. The largest absolute Gasteiger partial charge is 0.497 e. The molecule has 2 heterocycles. The first-order chi connectivity index (χ1) is 12.1. The van der Waals surface area contributed by atoms with Gasteiger partial charge < -0.3 is 14.0 Å². The third kappa shape index (κ3) is 4.00. The fourth-order valence-electron chi connectivity index (χ4n) is 2.51. The maximum absolute atomic E-state index is 5.41. The fourth-order valence-corrected chi connectivity index (χ4v) is 3.50. The predicted molar refractivity (Wildman–Crippen MR) is 97.1 cm³/mol. The summed E-state index contributed by atoms with van der Waals surface area (Å²) >= 11 is 1.76. The van der Waals surface area contributed by atoms with E-state index >= 15 is 0 Å². The molecule has 0 saturated carbocycles. The molecule has 0 aliphatic rings. The molecule has 7 heteroatoms. The molecule has 132 valence electrons. The Labute approximate surface area is 151 Å². The number of hydrogen-bond acceptors (Lipinski definition) is 7. The summed E-state index contributed by atoms with van der Waals surface area (Å²) < 4.78 is 16.0. The van der Waals surface area contributed by atoms with Crippen molar-refractivity contribution in [2.75, 3.05) is 21.3 Å². The van der Waals surface area contributed by atoms with Crippen LogP contribution in [-0.4, -0.2) is 36.3 Å². The standard InChI is InChI=1S/C18H21N3O3S/c1-12-7-8-25-16(12)10-21(2)11-17-19-18(20-24-17)14-6-5-13(22-3)9-15(14)23-4/h5-9H,10-11H2,1-4H3. The zero-order valence-corrected chi connectivity index (χ0v) is 15.6. The summed E-state index contributed by atoms with van der Waals surface area (Å²) in [4.78, 5) is 8.00. The normalized spacial score (nSPS) is 11.1. The quantitative estimate of drug-likeness (QED) is 0.640. The van der Waals surface area contributed by atoms with Gasteiger partial charge in [-0.2, -0.15) is 4.98 Å². The van der Waals surface area contributed by atoms with Crippen LogP contribution in [0.1, 0.15) is 16.3 Å². The molecule has 0 spiro atoms. The lowest BCUT2D eigenvalue weighted by Crippen LogP contribution is -2.17.